The van der Waals surface area contributed by atoms with Crippen LogP contribution in [0.5, 0.6) is 5.75 Å². The molecule has 0 atom stereocenters. The largest absolute Gasteiger partial charge is 0.494 e. The molecule has 2 aromatic rings. The normalized spacial score (nSPS) is 10.2. The van der Waals surface area contributed by atoms with E-state index in [2.05, 4.69) is 5.32 Å². The minimum atomic E-state index is -1.01. The van der Waals surface area contributed by atoms with Gasteiger partial charge in [-0.3, -0.25) is 4.79 Å². The van der Waals surface area contributed by atoms with E-state index in [1.807, 2.05) is 6.92 Å². The van der Waals surface area contributed by atoms with Gasteiger partial charge in [-0.25, -0.2) is 8.78 Å². The van der Waals surface area contributed by atoms with Gasteiger partial charge in [0.15, 0.2) is 11.6 Å². The number of rotatable bonds is 4. The summed E-state index contributed by atoms with van der Waals surface area (Å²) < 4.78 is 31.1. The van der Waals surface area contributed by atoms with Crippen molar-refractivity contribution in [2.24, 2.45) is 0 Å². The van der Waals surface area contributed by atoms with Crippen molar-refractivity contribution in [1.82, 2.24) is 0 Å². The molecule has 2 aromatic carbocycles. The van der Waals surface area contributed by atoms with Crippen LogP contribution in [-0.4, -0.2) is 12.5 Å². The second-order valence-corrected chi connectivity index (χ2v) is 4.04. The van der Waals surface area contributed by atoms with Crippen LogP contribution < -0.4 is 10.1 Å². The molecule has 104 valence electrons. The third-order valence-electron chi connectivity index (χ3n) is 2.60. The number of anilines is 1. The smallest absolute Gasteiger partial charge is 0.255 e. The second-order valence-electron chi connectivity index (χ2n) is 4.04. The predicted octanol–water partition coefficient (Wildman–Crippen LogP) is 3.62. The van der Waals surface area contributed by atoms with Crippen molar-refractivity contribution in [3.05, 3.63) is 59.7 Å². The highest BCUT2D eigenvalue weighted by molar-refractivity contribution is 6.04. The van der Waals surface area contributed by atoms with Gasteiger partial charge in [0, 0.05) is 17.3 Å². The van der Waals surface area contributed by atoms with Crippen LogP contribution in [0.25, 0.3) is 0 Å². The Morgan fingerprint density at radius 3 is 2.40 bits per heavy atom. The lowest BCUT2D eigenvalue weighted by Gasteiger charge is -2.07. The lowest BCUT2D eigenvalue weighted by Crippen LogP contribution is -2.12. The van der Waals surface area contributed by atoms with Crippen LogP contribution in [0.3, 0.4) is 0 Å². The highest BCUT2D eigenvalue weighted by atomic mass is 19.2. The molecule has 0 aliphatic carbocycles. The lowest BCUT2D eigenvalue weighted by atomic mass is 10.2. The number of hydrogen-bond acceptors (Lipinski definition) is 2. The molecule has 5 heteroatoms. The Kier molecular flexibility index (Phi) is 4.30. The summed E-state index contributed by atoms with van der Waals surface area (Å²) in [5.74, 6) is -1.70. The van der Waals surface area contributed by atoms with Gasteiger partial charge in [-0.05, 0) is 43.3 Å². The zero-order valence-corrected chi connectivity index (χ0v) is 10.8. The molecule has 0 saturated carbocycles. The molecule has 0 aliphatic heterocycles. The van der Waals surface area contributed by atoms with E-state index in [9.17, 15) is 13.6 Å². The molecule has 1 N–H and O–H groups in total. The third kappa shape index (κ3) is 3.32. The number of carbonyl (C=O) groups excluding carboxylic acids is 1. The van der Waals surface area contributed by atoms with Crippen LogP contribution in [0.1, 0.15) is 17.3 Å². The minimum Gasteiger partial charge on any atom is -0.494 e. The SMILES string of the molecule is CCOc1ccc(C(=O)Nc2ccc(F)c(F)c2)cc1. The highest BCUT2D eigenvalue weighted by Gasteiger charge is 2.08. The summed E-state index contributed by atoms with van der Waals surface area (Å²) in [6, 6.07) is 9.73. The van der Waals surface area contributed by atoms with E-state index in [4.69, 9.17) is 4.74 Å². The van der Waals surface area contributed by atoms with Gasteiger partial charge in [0.2, 0.25) is 0 Å². The standard InChI is InChI=1S/C15H13F2NO2/c1-2-20-12-6-3-10(4-7-12)15(19)18-11-5-8-13(16)14(17)9-11/h3-9H,2H2,1H3,(H,18,19). The maximum atomic E-state index is 13.0. The van der Waals surface area contributed by atoms with Gasteiger partial charge in [0.25, 0.3) is 5.91 Å². The van der Waals surface area contributed by atoms with E-state index >= 15 is 0 Å². The number of carbonyl (C=O) groups is 1. The van der Waals surface area contributed by atoms with Crippen LogP contribution in [0.4, 0.5) is 14.5 Å². The summed E-state index contributed by atoms with van der Waals surface area (Å²) in [6.45, 7) is 2.41. The van der Waals surface area contributed by atoms with Crippen molar-refractivity contribution in [3.63, 3.8) is 0 Å². The van der Waals surface area contributed by atoms with Crippen molar-refractivity contribution in [2.75, 3.05) is 11.9 Å². The Morgan fingerprint density at radius 2 is 1.80 bits per heavy atom. The van der Waals surface area contributed by atoms with E-state index < -0.39 is 17.5 Å². The fraction of sp³-hybridized carbons (Fsp3) is 0.133. The molecule has 0 saturated heterocycles. The molecule has 0 heterocycles. The average Bonchev–Trinajstić information content (AvgIpc) is 2.44. The molecular weight excluding hydrogens is 264 g/mol. The van der Waals surface area contributed by atoms with Gasteiger partial charge < -0.3 is 10.1 Å². The monoisotopic (exact) mass is 277 g/mol. The van der Waals surface area contributed by atoms with Crippen LogP contribution in [-0.2, 0) is 0 Å². The Bertz CT molecular complexity index is 612. The van der Waals surface area contributed by atoms with Crippen LogP contribution in [0.15, 0.2) is 42.5 Å². The minimum absolute atomic E-state index is 0.197. The van der Waals surface area contributed by atoms with Gasteiger partial charge in [0.05, 0.1) is 6.61 Å². The Balaban J connectivity index is 2.09. The molecular formula is C15H13F2NO2. The highest BCUT2D eigenvalue weighted by Crippen LogP contribution is 2.16. The zero-order valence-electron chi connectivity index (χ0n) is 10.8. The second kappa shape index (κ2) is 6.14. The first-order valence-corrected chi connectivity index (χ1v) is 6.09. The number of benzene rings is 2. The molecule has 20 heavy (non-hydrogen) atoms. The van der Waals surface area contributed by atoms with E-state index in [1.54, 1.807) is 24.3 Å². The Hall–Kier alpha value is -2.43. The molecule has 0 bridgehead atoms. The maximum absolute atomic E-state index is 13.0. The molecule has 0 fully saturated rings. The van der Waals surface area contributed by atoms with Gasteiger partial charge in [-0.1, -0.05) is 0 Å². The summed E-state index contributed by atoms with van der Waals surface area (Å²) in [7, 11) is 0. The first-order chi connectivity index (χ1) is 9.60. The predicted molar refractivity (Wildman–Crippen MR) is 71.9 cm³/mol. The lowest BCUT2D eigenvalue weighted by molar-refractivity contribution is 0.102. The number of hydrogen-bond donors (Lipinski definition) is 1. The fourth-order valence-electron chi connectivity index (χ4n) is 1.65. The van der Waals surface area contributed by atoms with Crippen LogP contribution >= 0.6 is 0 Å². The van der Waals surface area contributed by atoms with E-state index in [0.717, 1.165) is 12.1 Å². The quantitative estimate of drug-likeness (QED) is 0.927. The third-order valence-corrected chi connectivity index (χ3v) is 2.60. The van der Waals surface area contributed by atoms with Gasteiger partial charge in [0.1, 0.15) is 5.75 Å². The Morgan fingerprint density at radius 1 is 1.10 bits per heavy atom. The maximum Gasteiger partial charge on any atom is 0.255 e. The van der Waals surface area contributed by atoms with Crippen molar-refractivity contribution in [3.8, 4) is 5.75 Å². The van der Waals surface area contributed by atoms with Gasteiger partial charge in [-0.2, -0.15) is 0 Å². The summed E-state index contributed by atoms with van der Waals surface area (Å²) >= 11 is 0. The van der Waals surface area contributed by atoms with Crippen molar-refractivity contribution >= 4 is 11.6 Å². The van der Waals surface area contributed by atoms with Crippen molar-refractivity contribution in [1.29, 1.82) is 0 Å². The Labute approximate surface area is 115 Å². The zero-order chi connectivity index (χ0) is 14.5. The summed E-state index contributed by atoms with van der Waals surface area (Å²) in [5.41, 5.74) is 0.598. The van der Waals surface area contributed by atoms with Gasteiger partial charge in [-0.15, -0.1) is 0 Å². The number of amides is 1. The molecule has 0 radical (unpaired) electrons. The van der Waals surface area contributed by atoms with Gasteiger partial charge >= 0.3 is 0 Å². The van der Waals surface area contributed by atoms with E-state index in [0.29, 0.717) is 17.9 Å². The summed E-state index contributed by atoms with van der Waals surface area (Å²) in [6.07, 6.45) is 0. The fourth-order valence-corrected chi connectivity index (χ4v) is 1.65. The van der Waals surface area contributed by atoms with E-state index in [1.165, 1.54) is 6.07 Å². The van der Waals surface area contributed by atoms with E-state index in [-0.39, 0.29) is 5.69 Å². The number of ether oxygens (including phenoxy) is 1. The molecule has 2 rings (SSSR count). The van der Waals surface area contributed by atoms with Crippen LogP contribution in [0, 0.1) is 11.6 Å². The molecule has 0 unspecified atom stereocenters. The number of nitrogens with one attached hydrogen (secondary N) is 1. The topological polar surface area (TPSA) is 38.3 Å². The first kappa shape index (κ1) is 14.0. The van der Waals surface area contributed by atoms with Crippen LogP contribution in [0.2, 0.25) is 0 Å². The summed E-state index contributed by atoms with van der Waals surface area (Å²) in [4.78, 5) is 11.9. The van der Waals surface area contributed by atoms with Crippen molar-refractivity contribution in [2.45, 2.75) is 6.92 Å². The van der Waals surface area contributed by atoms with Crippen molar-refractivity contribution < 1.29 is 18.3 Å². The summed E-state index contributed by atoms with van der Waals surface area (Å²) in [5, 5.41) is 2.49. The molecule has 3 nitrogen and oxygen atoms in total. The number of halogens is 2. The molecule has 0 aromatic heterocycles. The first-order valence-electron chi connectivity index (χ1n) is 6.09. The molecule has 1 amide bonds. The average molecular weight is 277 g/mol. The molecule has 0 spiro atoms. The molecule has 0 aliphatic rings.